The minimum absolute atomic E-state index is 0.0206. The SMILES string of the molecule is OCC1(CO)CN(Cl)C1. The molecule has 3 nitrogen and oxygen atoms in total. The Hall–Kier alpha value is 0.170. The van der Waals surface area contributed by atoms with Gasteiger partial charge in [0.25, 0.3) is 0 Å². The number of nitrogens with zero attached hydrogens (tertiary/aromatic N) is 1. The first-order valence-electron chi connectivity index (χ1n) is 2.85. The summed E-state index contributed by atoms with van der Waals surface area (Å²) in [5.41, 5.74) is -0.318. The van der Waals surface area contributed by atoms with Gasteiger partial charge in [-0.25, -0.2) is 4.42 Å². The molecule has 2 N–H and O–H groups in total. The maximum Gasteiger partial charge on any atom is 0.0535 e. The highest BCUT2D eigenvalue weighted by atomic mass is 35.5. The summed E-state index contributed by atoms with van der Waals surface area (Å²) in [7, 11) is 0. The van der Waals surface area contributed by atoms with Crippen molar-refractivity contribution in [3.05, 3.63) is 0 Å². The normalized spacial score (nSPS) is 25.7. The minimum Gasteiger partial charge on any atom is -0.396 e. The van der Waals surface area contributed by atoms with Crippen LogP contribution in [0.5, 0.6) is 0 Å². The Morgan fingerprint density at radius 1 is 1.33 bits per heavy atom. The summed E-state index contributed by atoms with van der Waals surface area (Å²) in [5.74, 6) is 0. The van der Waals surface area contributed by atoms with Gasteiger partial charge in [-0.05, 0) is 11.8 Å². The second-order valence-electron chi connectivity index (χ2n) is 2.60. The third-order valence-corrected chi connectivity index (χ3v) is 1.92. The van der Waals surface area contributed by atoms with Crippen LogP contribution >= 0.6 is 11.8 Å². The van der Waals surface area contributed by atoms with Crippen molar-refractivity contribution < 1.29 is 10.2 Å². The molecule has 1 aliphatic heterocycles. The maximum atomic E-state index is 8.71. The molecule has 9 heavy (non-hydrogen) atoms. The molecule has 0 aromatic rings. The Balaban J connectivity index is 2.36. The third kappa shape index (κ3) is 1.19. The molecule has 0 radical (unpaired) electrons. The van der Waals surface area contributed by atoms with Gasteiger partial charge in [0.05, 0.1) is 13.2 Å². The van der Waals surface area contributed by atoms with Crippen molar-refractivity contribution in [3.8, 4) is 0 Å². The molecule has 0 amide bonds. The maximum absolute atomic E-state index is 8.71. The van der Waals surface area contributed by atoms with Gasteiger partial charge in [-0.1, -0.05) is 0 Å². The molecule has 0 bridgehead atoms. The van der Waals surface area contributed by atoms with E-state index in [1.54, 1.807) is 4.42 Å². The Morgan fingerprint density at radius 2 is 1.78 bits per heavy atom. The molecule has 0 saturated carbocycles. The van der Waals surface area contributed by atoms with Gasteiger partial charge in [0, 0.05) is 18.5 Å². The predicted molar refractivity (Wildman–Crippen MR) is 34.0 cm³/mol. The highest BCUT2D eigenvalue weighted by Crippen LogP contribution is 2.30. The summed E-state index contributed by atoms with van der Waals surface area (Å²) in [6, 6.07) is 0. The van der Waals surface area contributed by atoms with Gasteiger partial charge in [-0.15, -0.1) is 0 Å². The van der Waals surface area contributed by atoms with Crippen LogP contribution in [0.15, 0.2) is 0 Å². The van der Waals surface area contributed by atoms with E-state index >= 15 is 0 Å². The molecule has 0 aliphatic carbocycles. The molecular weight excluding hydrogens is 142 g/mol. The quantitative estimate of drug-likeness (QED) is 0.520. The Morgan fingerprint density at radius 3 is 1.89 bits per heavy atom. The minimum atomic E-state index is -0.318. The van der Waals surface area contributed by atoms with E-state index in [9.17, 15) is 0 Å². The smallest absolute Gasteiger partial charge is 0.0535 e. The molecular formula is C5H10ClNO2. The molecule has 1 rings (SSSR count). The first-order valence-corrected chi connectivity index (χ1v) is 3.19. The number of hydrogen-bond donors (Lipinski definition) is 2. The molecule has 0 unspecified atom stereocenters. The van der Waals surface area contributed by atoms with Crippen molar-refractivity contribution in [1.82, 2.24) is 4.42 Å². The third-order valence-electron chi connectivity index (χ3n) is 1.68. The summed E-state index contributed by atoms with van der Waals surface area (Å²) in [6.45, 7) is 1.21. The van der Waals surface area contributed by atoms with E-state index in [2.05, 4.69) is 0 Å². The van der Waals surface area contributed by atoms with Crippen LogP contribution in [-0.2, 0) is 0 Å². The molecule has 0 aromatic carbocycles. The monoisotopic (exact) mass is 151 g/mol. The van der Waals surface area contributed by atoms with E-state index < -0.39 is 0 Å². The van der Waals surface area contributed by atoms with Crippen molar-refractivity contribution in [2.75, 3.05) is 26.3 Å². The van der Waals surface area contributed by atoms with Gasteiger partial charge >= 0.3 is 0 Å². The van der Waals surface area contributed by atoms with Crippen molar-refractivity contribution in [2.24, 2.45) is 5.41 Å². The molecule has 1 fully saturated rings. The Kier molecular flexibility index (Phi) is 1.96. The van der Waals surface area contributed by atoms with Gasteiger partial charge in [-0.2, -0.15) is 0 Å². The van der Waals surface area contributed by atoms with E-state index in [4.69, 9.17) is 22.0 Å². The standard InChI is InChI=1S/C5H10ClNO2/c6-7-1-5(2-7,3-8)4-9/h8-9H,1-4H2. The number of halogens is 1. The van der Waals surface area contributed by atoms with Crippen LogP contribution in [0.4, 0.5) is 0 Å². The van der Waals surface area contributed by atoms with E-state index in [0.717, 1.165) is 0 Å². The van der Waals surface area contributed by atoms with Crippen LogP contribution in [0.25, 0.3) is 0 Å². The van der Waals surface area contributed by atoms with Crippen LogP contribution in [0.3, 0.4) is 0 Å². The first-order chi connectivity index (χ1) is 4.22. The van der Waals surface area contributed by atoms with Crippen LogP contribution in [0, 0.1) is 5.41 Å². The lowest BCUT2D eigenvalue weighted by Gasteiger charge is -2.43. The summed E-state index contributed by atoms with van der Waals surface area (Å²) in [5, 5.41) is 17.4. The summed E-state index contributed by atoms with van der Waals surface area (Å²) in [6.07, 6.45) is 0. The molecule has 0 spiro atoms. The molecule has 1 saturated heterocycles. The van der Waals surface area contributed by atoms with E-state index in [-0.39, 0.29) is 18.6 Å². The average Bonchev–Trinajstić information content (AvgIpc) is 1.81. The molecule has 1 aliphatic rings. The average molecular weight is 152 g/mol. The zero-order valence-electron chi connectivity index (χ0n) is 5.05. The van der Waals surface area contributed by atoms with Gasteiger partial charge < -0.3 is 10.2 Å². The predicted octanol–water partition coefficient (Wildman–Crippen LogP) is -0.573. The second kappa shape index (κ2) is 2.42. The highest BCUT2D eigenvalue weighted by molar-refractivity contribution is 6.13. The van der Waals surface area contributed by atoms with Crippen LogP contribution < -0.4 is 0 Å². The van der Waals surface area contributed by atoms with Crippen LogP contribution in [0.1, 0.15) is 0 Å². The summed E-state index contributed by atoms with van der Waals surface area (Å²) in [4.78, 5) is 0. The molecule has 0 atom stereocenters. The number of hydrogen-bond acceptors (Lipinski definition) is 3. The summed E-state index contributed by atoms with van der Waals surface area (Å²) >= 11 is 5.50. The number of aliphatic hydroxyl groups is 2. The Labute approximate surface area is 59.0 Å². The molecule has 4 heteroatoms. The van der Waals surface area contributed by atoms with E-state index in [0.29, 0.717) is 13.1 Å². The fourth-order valence-electron chi connectivity index (χ4n) is 0.932. The van der Waals surface area contributed by atoms with Crippen molar-refractivity contribution in [3.63, 3.8) is 0 Å². The molecule has 1 heterocycles. The number of aliphatic hydroxyl groups excluding tert-OH is 2. The van der Waals surface area contributed by atoms with Crippen molar-refractivity contribution in [2.45, 2.75) is 0 Å². The number of rotatable bonds is 2. The summed E-state index contributed by atoms with van der Waals surface area (Å²) < 4.78 is 1.55. The van der Waals surface area contributed by atoms with Gasteiger partial charge in [0.1, 0.15) is 0 Å². The molecule has 0 aromatic heterocycles. The van der Waals surface area contributed by atoms with Crippen LogP contribution in [-0.4, -0.2) is 40.9 Å². The second-order valence-corrected chi connectivity index (χ2v) is 3.07. The van der Waals surface area contributed by atoms with Crippen LogP contribution in [0.2, 0.25) is 0 Å². The lowest BCUT2D eigenvalue weighted by atomic mass is 9.84. The van der Waals surface area contributed by atoms with Gasteiger partial charge in [0.15, 0.2) is 0 Å². The zero-order valence-corrected chi connectivity index (χ0v) is 5.80. The van der Waals surface area contributed by atoms with Gasteiger partial charge in [0.2, 0.25) is 0 Å². The topological polar surface area (TPSA) is 43.7 Å². The zero-order chi connectivity index (χ0) is 6.91. The van der Waals surface area contributed by atoms with Crippen molar-refractivity contribution in [1.29, 1.82) is 0 Å². The van der Waals surface area contributed by atoms with E-state index in [1.807, 2.05) is 0 Å². The fraction of sp³-hybridized carbons (Fsp3) is 1.00. The van der Waals surface area contributed by atoms with Gasteiger partial charge in [-0.3, -0.25) is 0 Å². The molecule has 54 valence electrons. The first kappa shape index (κ1) is 7.28. The van der Waals surface area contributed by atoms with Crippen molar-refractivity contribution >= 4 is 11.8 Å². The fourth-order valence-corrected chi connectivity index (χ4v) is 1.44. The van der Waals surface area contributed by atoms with E-state index in [1.165, 1.54) is 0 Å². The largest absolute Gasteiger partial charge is 0.396 e. The highest BCUT2D eigenvalue weighted by Gasteiger charge is 2.41. The lowest BCUT2D eigenvalue weighted by Crippen LogP contribution is -2.56. The Bertz CT molecular complexity index is 97.1. The lowest BCUT2D eigenvalue weighted by molar-refractivity contribution is -0.0345.